The zero-order chi connectivity index (χ0) is 24.6. The van der Waals surface area contributed by atoms with Crippen molar-refractivity contribution in [2.24, 2.45) is 0 Å². The van der Waals surface area contributed by atoms with Crippen LogP contribution in [0.15, 0.2) is 36.4 Å². The maximum absolute atomic E-state index is 13.7. The molecule has 3 aromatic rings. The van der Waals surface area contributed by atoms with Crippen LogP contribution in [-0.2, 0) is 15.7 Å². The first-order valence-electron chi connectivity index (χ1n) is 8.55. The van der Waals surface area contributed by atoms with Gasteiger partial charge < -0.3 is 15.8 Å². The Kier molecular flexibility index (Phi) is 6.22. The van der Waals surface area contributed by atoms with Crippen molar-refractivity contribution < 1.29 is 40.7 Å². The molecule has 0 unspecified atom stereocenters. The van der Waals surface area contributed by atoms with E-state index in [2.05, 4.69) is 25.2 Å². The van der Waals surface area contributed by atoms with Crippen LogP contribution in [0.3, 0.4) is 0 Å². The number of rotatable bonds is 4. The lowest BCUT2D eigenvalue weighted by atomic mass is 9.97. The number of ether oxygens (including phenoxy) is 1. The number of anilines is 3. The van der Waals surface area contributed by atoms with Crippen LogP contribution in [0.5, 0.6) is 0 Å². The van der Waals surface area contributed by atoms with E-state index in [-0.39, 0.29) is 28.2 Å². The molecule has 4 N–H and O–H groups in total. The third-order valence-corrected chi connectivity index (χ3v) is 4.28. The Balaban J connectivity index is 1.94. The van der Waals surface area contributed by atoms with Crippen molar-refractivity contribution in [1.82, 2.24) is 15.2 Å². The van der Waals surface area contributed by atoms with Crippen LogP contribution < -0.4 is 11.1 Å². The number of nitrogens with one attached hydrogen (secondary N) is 2. The molecule has 0 atom stereocenters. The number of H-pyrrole nitrogens is 1. The number of hydrogen-bond donors (Lipinski definition) is 3. The highest BCUT2D eigenvalue weighted by Gasteiger charge is 2.42. The van der Waals surface area contributed by atoms with Crippen LogP contribution in [0.2, 0.25) is 5.02 Å². The summed E-state index contributed by atoms with van der Waals surface area (Å²) in [6, 6.07) is 5.68. The van der Waals surface area contributed by atoms with Crippen molar-refractivity contribution in [3.8, 4) is 11.1 Å². The highest BCUT2D eigenvalue weighted by molar-refractivity contribution is 6.34. The monoisotopic (exact) mass is 493 g/mol. The van der Waals surface area contributed by atoms with Gasteiger partial charge in [-0.3, -0.25) is 0 Å². The van der Waals surface area contributed by atoms with Gasteiger partial charge in [-0.2, -0.15) is 31.3 Å². The van der Waals surface area contributed by atoms with Crippen LogP contribution in [0.1, 0.15) is 15.9 Å². The number of hydrogen-bond acceptors (Lipinski definition) is 7. The molecule has 0 aliphatic heterocycles. The van der Waals surface area contributed by atoms with E-state index in [1.54, 1.807) is 0 Å². The van der Waals surface area contributed by atoms with Crippen molar-refractivity contribution in [2.45, 2.75) is 12.4 Å². The third kappa shape index (κ3) is 5.52. The van der Waals surface area contributed by atoms with E-state index in [1.807, 2.05) is 0 Å². The molecule has 0 aliphatic carbocycles. The van der Waals surface area contributed by atoms with Gasteiger partial charge in [0.05, 0.1) is 16.1 Å². The molecule has 0 bridgehead atoms. The van der Waals surface area contributed by atoms with E-state index in [4.69, 9.17) is 17.3 Å². The van der Waals surface area contributed by atoms with Crippen molar-refractivity contribution in [2.75, 3.05) is 11.1 Å². The molecule has 0 saturated heterocycles. The summed E-state index contributed by atoms with van der Waals surface area (Å²) in [4.78, 5) is 26.2. The lowest BCUT2D eigenvalue weighted by molar-refractivity contribution is -0.193. The zero-order valence-corrected chi connectivity index (χ0v) is 16.6. The van der Waals surface area contributed by atoms with E-state index in [0.717, 1.165) is 36.4 Å². The van der Waals surface area contributed by atoms with Gasteiger partial charge >= 0.3 is 24.3 Å². The van der Waals surface area contributed by atoms with Gasteiger partial charge in [0.15, 0.2) is 0 Å². The van der Waals surface area contributed by atoms with E-state index in [1.165, 1.54) is 0 Å². The van der Waals surface area contributed by atoms with Gasteiger partial charge in [0, 0.05) is 11.3 Å². The van der Waals surface area contributed by atoms with Crippen LogP contribution in [0, 0.1) is 0 Å². The number of carbonyl (C=O) groups excluding carboxylic acids is 2. The number of esters is 2. The fourth-order valence-electron chi connectivity index (χ4n) is 2.63. The SMILES string of the molecule is Nc1nc(Nc2cc(Cl)c(-c3ccc(C(=O)OC(=O)C(F)(F)F)cc3)c(C(F)(F)F)c2)n[nH]1. The van der Waals surface area contributed by atoms with Gasteiger partial charge in [0.1, 0.15) is 0 Å². The van der Waals surface area contributed by atoms with Crippen LogP contribution in [-0.4, -0.2) is 33.3 Å². The van der Waals surface area contributed by atoms with Gasteiger partial charge in [0.2, 0.25) is 11.9 Å². The molecular formula is C18H10ClF6N5O3. The molecule has 0 amide bonds. The normalized spacial score (nSPS) is 11.8. The van der Waals surface area contributed by atoms with Crippen LogP contribution >= 0.6 is 11.6 Å². The van der Waals surface area contributed by atoms with Gasteiger partial charge in [-0.25, -0.2) is 14.7 Å². The zero-order valence-electron chi connectivity index (χ0n) is 15.8. The predicted octanol–water partition coefficient (Wildman–Crippen LogP) is 4.72. The number of aromatic amines is 1. The number of halogens is 7. The topological polar surface area (TPSA) is 123 Å². The molecule has 3 rings (SSSR count). The second-order valence-corrected chi connectivity index (χ2v) is 6.71. The number of carbonyl (C=O) groups is 2. The van der Waals surface area contributed by atoms with Crippen molar-refractivity contribution in [1.29, 1.82) is 0 Å². The maximum atomic E-state index is 13.7. The Hall–Kier alpha value is -3.81. The summed E-state index contributed by atoms with van der Waals surface area (Å²) in [5, 5.41) is 8.10. The molecule has 8 nitrogen and oxygen atoms in total. The quantitative estimate of drug-likeness (QED) is 0.273. The molecule has 15 heteroatoms. The number of benzene rings is 2. The van der Waals surface area contributed by atoms with Crippen molar-refractivity contribution >= 4 is 41.1 Å². The number of nitrogens with two attached hydrogens (primary N) is 1. The first-order valence-corrected chi connectivity index (χ1v) is 8.93. The second-order valence-electron chi connectivity index (χ2n) is 6.30. The minimum absolute atomic E-state index is 0.0770. The summed E-state index contributed by atoms with van der Waals surface area (Å²) in [5.41, 5.74) is 3.01. The maximum Gasteiger partial charge on any atom is 0.491 e. The first kappa shape index (κ1) is 23.8. The molecule has 0 saturated carbocycles. The van der Waals surface area contributed by atoms with Gasteiger partial charge in [-0.15, -0.1) is 5.10 Å². The van der Waals surface area contributed by atoms with Crippen molar-refractivity contribution in [3.63, 3.8) is 0 Å². The fraction of sp³-hybridized carbons (Fsp3) is 0.111. The molecule has 174 valence electrons. The molecule has 33 heavy (non-hydrogen) atoms. The van der Waals surface area contributed by atoms with Crippen LogP contribution in [0.25, 0.3) is 11.1 Å². The van der Waals surface area contributed by atoms with E-state index >= 15 is 0 Å². The summed E-state index contributed by atoms with van der Waals surface area (Å²) in [6.07, 6.45) is -10.3. The summed E-state index contributed by atoms with van der Waals surface area (Å²) in [5.74, 6) is -4.54. The molecule has 0 spiro atoms. The van der Waals surface area contributed by atoms with Gasteiger partial charge in [-0.1, -0.05) is 23.7 Å². The average molecular weight is 494 g/mol. The smallest absolute Gasteiger partial charge is 0.383 e. The molecular weight excluding hydrogens is 484 g/mol. The van der Waals surface area contributed by atoms with Crippen molar-refractivity contribution in [3.05, 3.63) is 52.5 Å². The molecule has 1 aromatic heterocycles. The molecule has 0 fully saturated rings. The highest BCUT2D eigenvalue weighted by atomic mass is 35.5. The molecule has 0 radical (unpaired) electrons. The van der Waals surface area contributed by atoms with E-state index in [9.17, 15) is 35.9 Å². The third-order valence-electron chi connectivity index (χ3n) is 3.98. The summed E-state index contributed by atoms with van der Waals surface area (Å²) >= 11 is 6.09. The number of aromatic nitrogens is 3. The summed E-state index contributed by atoms with van der Waals surface area (Å²) in [7, 11) is 0. The van der Waals surface area contributed by atoms with E-state index < -0.39 is 41.0 Å². The Labute approximate surface area is 184 Å². The Bertz CT molecular complexity index is 1210. The lowest BCUT2D eigenvalue weighted by Crippen LogP contribution is -2.28. The number of nitrogens with zero attached hydrogens (tertiary/aromatic N) is 2. The fourth-order valence-corrected chi connectivity index (χ4v) is 2.96. The Morgan fingerprint density at radius 1 is 1.06 bits per heavy atom. The van der Waals surface area contributed by atoms with Gasteiger partial charge in [-0.05, 0) is 29.8 Å². The van der Waals surface area contributed by atoms with Gasteiger partial charge in [0.25, 0.3) is 0 Å². The predicted molar refractivity (Wildman–Crippen MR) is 102 cm³/mol. The Morgan fingerprint density at radius 2 is 1.70 bits per heavy atom. The van der Waals surface area contributed by atoms with E-state index in [0.29, 0.717) is 0 Å². The minimum atomic E-state index is -5.39. The summed E-state index contributed by atoms with van der Waals surface area (Å²) in [6.45, 7) is 0. The second kappa shape index (κ2) is 8.61. The summed E-state index contributed by atoms with van der Waals surface area (Å²) < 4.78 is 81.5. The van der Waals surface area contributed by atoms with Crippen LogP contribution in [0.4, 0.5) is 43.9 Å². The lowest BCUT2D eigenvalue weighted by Gasteiger charge is -2.17. The molecule has 2 aromatic carbocycles. The number of alkyl halides is 6. The molecule has 1 heterocycles. The standard InChI is InChI=1S/C18H10ClF6N5O3/c19-11-6-9(27-16-28-15(26)29-30-16)5-10(17(20,21)22)12(11)7-1-3-8(4-2-7)13(31)33-14(32)18(23,24)25/h1-6H,(H4,26,27,28,29,30). The largest absolute Gasteiger partial charge is 0.491 e. The first-order chi connectivity index (χ1) is 15.3. The average Bonchev–Trinajstić information content (AvgIpc) is 3.11. The molecule has 0 aliphatic rings. The highest BCUT2D eigenvalue weighted by Crippen LogP contribution is 2.43. The minimum Gasteiger partial charge on any atom is -0.383 e. The Morgan fingerprint density at radius 3 is 2.21 bits per heavy atom. The number of nitrogen functional groups attached to an aromatic ring is 1.